The molecule has 0 spiro atoms. The van der Waals surface area contributed by atoms with Crippen molar-refractivity contribution in [2.24, 2.45) is 5.92 Å². The molecule has 0 aliphatic rings. The van der Waals surface area contributed by atoms with Crippen LogP contribution in [0.2, 0.25) is 0 Å². The zero-order valence-electron chi connectivity index (χ0n) is 8.95. The lowest BCUT2D eigenvalue weighted by molar-refractivity contribution is -0.0147. The molecule has 0 saturated carbocycles. The summed E-state index contributed by atoms with van der Waals surface area (Å²) in [5.41, 5.74) is 0. The minimum Gasteiger partial charge on any atom is -0.379 e. The maximum Gasteiger partial charge on any atom is 0.0780 e. The standard InChI is InChI=1S/C10H22O2S/c1-4-10(8-13)7-12-9(3)6-11-5-2/h9-10,13H,4-8H2,1-3H3. The molecule has 0 N–H and O–H groups in total. The van der Waals surface area contributed by atoms with Crippen LogP contribution >= 0.6 is 12.6 Å². The van der Waals surface area contributed by atoms with Gasteiger partial charge in [-0.1, -0.05) is 13.3 Å². The number of ether oxygens (including phenoxy) is 2. The molecule has 0 aromatic rings. The second-order valence-electron chi connectivity index (χ2n) is 3.26. The quantitative estimate of drug-likeness (QED) is 0.615. The van der Waals surface area contributed by atoms with Crippen LogP contribution in [0, 0.1) is 5.92 Å². The summed E-state index contributed by atoms with van der Waals surface area (Å²) >= 11 is 4.26. The molecular formula is C10H22O2S. The van der Waals surface area contributed by atoms with Gasteiger partial charge in [0.1, 0.15) is 0 Å². The zero-order valence-corrected chi connectivity index (χ0v) is 9.85. The van der Waals surface area contributed by atoms with Gasteiger partial charge in [-0.25, -0.2) is 0 Å². The SMILES string of the molecule is CCOCC(C)OCC(CC)CS. The fraction of sp³-hybridized carbons (Fsp3) is 1.00. The summed E-state index contributed by atoms with van der Waals surface area (Å²) in [6.07, 6.45) is 1.33. The van der Waals surface area contributed by atoms with Crippen LogP contribution in [0.15, 0.2) is 0 Å². The summed E-state index contributed by atoms with van der Waals surface area (Å²) in [7, 11) is 0. The molecule has 0 saturated heterocycles. The van der Waals surface area contributed by atoms with E-state index >= 15 is 0 Å². The van der Waals surface area contributed by atoms with Gasteiger partial charge in [0.15, 0.2) is 0 Å². The monoisotopic (exact) mass is 206 g/mol. The number of thiol groups is 1. The van der Waals surface area contributed by atoms with Crippen molar-refractivity contribution in [1.82, 2.24) is 0 Å². The van der Waals surface area contributed by atoms with Crippen LogP contribution in [-0.2, 0) is 9.47 Å². The molecule has 0 bridgehead atoms. The molecule has 0 aromatic carbocycles. The van der Waals surface area contributed by atoms with Gasteiger partial charge in [-0.15, -0.1) is 0 Å². The van der Waals surface area contributed by atoms with E-state index in [1.165, 1.54) is 0 Å². The molecular weight excluding hydrogens is 184 g/mol. The van der Waals surface area contributed by atoms with Crippen molar-refractivity contribution in [1.29, 1.82) is 0 Å². The van der Waals surface area contributed by atoms with Crippen molar-refractivity contribution in [2.75, 3.05) is 25.6 Å². The van der Waals surface area contributed by atoms with Crippen molar-refractivity contribution in [2.45, 2.75) is 33.3 Å². The molecule has 0 rings (SSSR count). The van der Waals surface area contributed by atoms with Crippen molar-refractivity contribution in [3.05, 3.63) is 0 Å². The van der Waals surface area contributed by atoms with Gasteiger partial charge in [-0.2, -0.15) is 12.6 Å². The Kier molecular flexibility index (Phi) is 9.03. The fourth-order valence-electron chi connectivity index (χ4n) is 0.932. The maximum atomic E-state index is 5.61. The van der Waals surface area contributed by atoms with Crippen LogP contribution in [0.25, 0.3) is 0 Å². The molecule has 80 valence electrons. The Morgan fingerprint density at radius 1 is 1.23 bits per heavy atom. The van der Waals surface area contributed by atoms with E-state index < -0.39 is 0 Å². The molecule has 13 heavy (non-hydrogen) atoms. The lowest BCUT2D eigenvalue weighted by atomic mass is 10.1. The summed E-state index contributed by atoms with van der Waals surface area (Å²) in [6.45, 7) is 8.46. The molecule has 2 atom stereocenters. The van der Waals surface area contributed by atoms with Crippen molar-refractivity contribution >= 4 is 12.6 Å². The Balaban J connectivity index is 3.38. The molecule has 2 unspecified atom stereocenters. The number of hydrogen-bond donors (Lipinski definition) is 1. The summed E-state index contributed by atoms with van der Waals surface area (Å²) in [5, 5.41) is 0. The summed E-state index contributed by atoms with van der Waals surface area (Å²) in [5.74, 6) is 1.48. The minimum absolute atomic E-state index is 0.203. The Bertz CT molecular complexity index is 105. The third-order valence-electron chi connectivity index (χ3n) is 2.01. The van der Waals surface area contributed by atoms with Crippen LogP contribution in [-0.4, -0.2) is 31.7 Å². The number of rotatable bonds is 8. The van der Waals surface area contributed by atoms with Crippen LogP contribution < -0.4 is 0 Å². The third-order valence-corrected chi connectivity index (χ3v) is 2.53. The summed E-state index contributed by atoms with van der Waals surface area (Å²) in [6, 6.07) is 0. The molecule has 0 fully saturated rings. The fourth-order valence-corrected chi connectivity index (χ4v) is 1.30. The van der Waals surface area contributed by atoms with E-state index in [1.807, 2.05) is 13.8 Å². The first kappa shape index (κ1) is 13.3. The van der Waals surface area contributed by atoms with Crippen molar-refractivity contribution < 1.29 is 9.47 Å². The van der Waals surface area contributed by atoms with E-state index in [9.17, 15) is 0 Å². The minimum atomic E-state index is 0.203. The van der Waals surface area contributed by atoms with Crippen LogP contribution in [0.4, 0.5) is 0 Å². The van der Waals surface area contributed by atoms with Gasteiger partial charge in [0, 0.05) is 6.61 Å². The van der Waals surface area contributed by atoms with Gasteiger partial charge < -0.3 is 9.47 Å². The van der Waals surface area contributed by atoms with Crippen LogP contribution in [0.3, 0.4) is 0 Å². The predicted octanol–water partition coefficient (Wildman–Crippen LogP) is 2.38. The second-order valence-corrected chi connectivity index (χ2v) is 3.63. The third kappa shape index (κ3) is 7.35. The molecule has 0 aliphatic carbocycles. The first-order chi connectivity index (χ1) is 6.24. The average Bonchev–Trinajstić information content (AvgIpc) is 2.16. The van der Waals surface area contributed by atoms with Gasteiger partial charge >= 0.3 is 0 Å². The molecule has 0 radical (unpaired) electrons. The highest BCUT2D eigenvalue weighted by molar-refractivity contribution is 7.80. The van der Waals surface area contributed by atoms with E-state index in [-0.39, 0.29) is 6.10 Å². The molecule has 3 heteroatoms. The normalized spacial score (nSPS) is 15.7. The Labute approximate surface area is 87.4 Å². The lowest BCUT2D eigenvalue weighted by Gasteiger charge is -2.17. The topological polar surface area (TPSA) is 18.5 Å². The van der Waals surface area contributed by atoms with E-state index in [0.29, 0.717) is 12.5 Å². The van der Waals surface area contributed by atoms with Gasteiger partial charge in [-0.3, -0.25) is 0 Å². The first-order valence-electron chi connectivity index (χ1n) is 5.04. The Morgan fingerprint density at radius 2 is 1.92 bits per heavy atom. The van der Waals surface area contributed by atoms with Gasteiger partial charge in [0.05, 0.1) is 19.3 Å². The van der Waals surface area contributed by atoms with E-state index in [4.69, 9.17) is 9.47 Å². The Morgan fingerprint density at radius 3 is 2.38 bits per heavy atom. The van der Waals surface area contributed by atoms with Crippen LogP contribution in [0.5, 0.6) is 0 Å². The highest BCUT2D eigenvalue weighted by atomic mass is 32.1. The predicted molar refractivity (Wildman–Crippen MR) is 59.5 cm³/mol. The summed E-state index contributed by atoms with van der Waals surface area (Å²) < 4.78 is 10.9. The largest absolute Gasteiger partial charge is 0.379 e. The van der Waals surface area contributed by atoms with E-state index in [2.05, 4.69) is 19.6 Å². The van der Waals surface area contributed by atoms with E-state index in [1.54, 1.807) is 0 Å². The first-order valence-corrected chi connectivity index (χ1v) is 5.67. The zero-order chi connectivity index (χ0) is 10.1. The van der Waals surface area contributed by atoms with Crippen molar-refractivity contribution in [3.8, 4) is 0 Å². The van der Waals surface area contributed by atoms with Crippen LogP contribution in [0.1, 0.15) is 27.2 Å². The molecule has 0 aliphatic heterocycles. The molecule has 0 aromatic heterocycles. The van der Waals surface area contributed by atoms with Gasteiger partial charge in [-0.05, 0) is 25.5 Å². The average molecular weight is 206 g/mol. The molecule has 2 nitrogen and oxygen atoms in total. The van der Waals surface area contributed by atoms with E-state index in [0.717, 1.165) is 25.4 Å². The molecule has 0 amide bonds. The smallest absolute Gasteiger partial charge is 0.0780 e. The Hall–Kier alpha value is 0.270. The number of hydrogen-bond acceptors (Lipinski definition) is 3. The highest BCUT2D eigenvalue weighted by Crippen LogP contribution is 2.06. The van der Waals surface area contributed by atoms with Crippen molar-refractivity contribution in [3.63, 3.8) is 0 Å². The molecule has 0 heterocycles. The maximum absolute atomic E-state index is 5.61. The second kappa shape index (κ2) is 8.85. The summed E-state index contributed by atoms with van der Waals surface area (Å²) in [4.78, 5) is 0. The van der Waals surface area contributed by atoms with Gasteiger partial charge in [0.2, 0.25) is 0 Å². The highest BCUT2D eigenvalue weighted by Gasteiger charge is 2.07. The lowest BCUT2D eigenvalue weighted by Crippen LogP contribution is -2.20. The van der Waals surface area contributed by atoms with Gasteiger partial charge in [0.25, 0.3) is 0 Å².